The van der Waals surface area contributed by atoms with Crippen molar-refractivity contribution in [2.75, 3.05) is 6.54 Å². The van der Waals surface area contributed by atoms with Crippen molar-refractivity contribution >= 4 is 11.9 Å². The smallest absolute Gasteiger partial charge is 0.331 e. The summed E-state index contributed by atoms with van der Waals surface area (Å²) in [6, 6.07) is 7.93. The lowest BCUT2D eigenvalue weighted by Gasteiger charge is -2.24. The molecule has 0 aliphatic carbocycles. The summed E-state index contributed by atoms with van der Waals surface area (Å²) in [5, 5.41) is 9.34. The number of carboxylic acid groups (broad SMARTS) is 1. The van der Waals surface area contributed by atoms with Gasteiger partial charge in [0.25, 0.3) is 0 Å². The minimum Gasteiger partial charge on any atom is -0.479 e. The van der Waals surface area contributed by atoms with Gasteiger partial charge in [-0.1, -0.05) is 36.4 Å². The highest BCUT2D eigenvalue weighted by Crippen LogP contribution is 2.29. The second-order valence-corrected chi connectivity index (χ2v) is 4.40. The van der Waals surface area contributed by atoms with Crippen LogP contribution in [0.1, 0.15) is 18.0 Å². The molecule has 0 bridgehead atoms. The van der Waals surface area contributed by atoms with Crippen molar-refractivity contribution in [3.63, 3.8) is 0 Å². The lowest BCUT2D eigenvalue weighted by Crippen LogP contribution is -2.35. The van der Waals surface area contributed by atoms with Crippen molar-refractivity contribution in [1.82, 2.24) is 4.90 Å². The molecule has 1 N–H and O–H groups in total. The van der Waals surface area contributed by atoms with Gasteiger partial charge < -0.3 is 10.0 Å². The van der Waals surface area contributed by atoms with Crippen molar-refractivity contribution in [2.24, 2.45) is 5.92 Å². The number of carboxylic acids is 1. The molecule has 0 aromatic heterocycles. The van der Waals surface area contributed by atoms with E-state index in [2.05, 4.69) is 6.58 Å². The van der Waals surface area contributed by atoms with Crippen molar-refractivity contribution in [3.05, 3.63) is 48.6 Å². The van der Waals surface area contributed by atoms with E-state index in [1.807, 2.05) is 6.07 Å². The normalized spacial score (nSPS) is 20.8. The molecule has 0 saturated carbocycles. The largest absolute Gasteiger partial charge is 0.479 e. The van der Waals surface area contributed by atoms with Crippen LogP contribution in [0.15, 0.2) is 43.0 Å². The van der Waals surface area contributed by atoms with Crippen LogP contribution in [0.25, 0.3) is 0 Å². The molecule has 2 rings (SSSR count). The number of aliphatic carboxylic acids is 1. The van der Waals surface area contributed by atoms with E-state index < -0.39 is 12.0 Å². The minimum absolute atomic E-state index is 0.0445. The first-order valence-electron chi connectivity index (χ1n) is 5.83. The topological polar surface area (TPSA) is 57.6 Å². The molecule has 1 aliphatic heterocycles. The zero-order valence-electron chi connectivity index (χ0n) is 9.95. The lowest BCUT2D eigenvalue weighted by molar-refractivity contribution is -0.148. The van der Waals surface area contributed by atoms with Gasteiger partial charge in [0.2, 0.25) is 5.91 Å². The molecular weight excluding hydrogens is 230 g/mol. The summed E-state index contributed by atoms with van der Waals surface area (Å²) in [4.78, 5) is 24.7. The summed E-state index contributed by atoms with van der Waals surface area (Å²) in [6.07, 6.45) is 2.06. The van der Waals surface area contributed by atoms with Crippen LogP contribution in [0.3, 0.4) is 0 Å². The van der Waals surface area contributed by atoms with Crippen molar-refractivity contribution < 1.29 is 14.7 Å². The first-order valence-corrected chi connectivity index (χ1v) is 5.83. The molecule has 1 unspecified atom stereocenters. The zero-order chi connectivity index (χ0) is 13.1. The average molecular weight is 245 g/mol. The maximum Gasteiger partial charge on any atom is 0.331 e. The third kappa shape index (κ3) is 2.27. The summed E-state index contributed by atoms with van der Waals surface area (Å²) in [5.41, 5.74) is 0.628. The SMILES string of the molecule is C=CC1CC(=O)N([C@@H](C(=O)O)c2ccccc2)C1. The van der Waals surface area contributed by atoms with Gasteiger partial charge in [0.05, 0.1) is 0 Å². The van der Waals surface area contributed by atoms with Gasteiger partial charge in [-0.05, 0) is 5.56 Å². The molecule has 0 radical (unpaired) electrons. The Bertz CT molecular complexity index is 469. The Labute approximate surface area is 106 Å². The van der Waals surface area contributed by atoms with E-state index in [9.17, 15) is 14.7 Å². The molecule has 1 aromatic carbocycles. The Morgan fingerprint density at radius 2 is 2.11 bits per heavy atom. The molecule has 94 valence electrons. The standard InChI is InChI=1S/C14H15NO3/c1-2-10-8-12(16)15(9-10)13(14(17)18)11-6-4-3-5-7-11/h2-7,10,13H,1,8-9H2,(H,17,18)/t10?,13-/m1/s1. The number of carbonyl (C=O) groups is 2. The fourth-order valence-electron chi connectivity index (χ4n) is 2.26. The van der Waals surface area contributed by atoms with Crippen LogP contribution >= 0.6 is 0 Å². The van der Waals surface area contributed by atoms with E-state index in [0.717, 1.165) is 0 Å². The Hall–Kier alpha value is -2.10. The number of nitrogens with zero attached hydrogens (tertiary/aromatic N) is 1. The number of likely N-dealkylation sites (tertiary alicyclic amines) is 1. The number of rotatable bonds is 4. The average Bonchev–Trinajstić information content (AvgIpc) is 2.72. The van der Waals surface area contributed by atoms with Gasteiger partial charge in [-0.2, -0.15) is 0 Å². The molecule has 1 saturated heterocycles. The molecule has 1 aromatic rings. The first kappa shape index (κ1) is 12.4. The van der Waals surface area contributed by atoms with Gasteiger partial charge in [-0.15, -0.1) is 6.58 Å². The molecule has 1 fully saturated rings. The van der Waals surface area contributed by atoms with Crippen molar-refractivity contribution in [3.8, 4) is 0 Å². The van der Waals surface area contributed by atoms with E-state index in [-0.39, 0.29) is 11.8 Å². The fourth-order valence-corrected chi connectivity index (χ4v) is 2.26. The fraction of sp³-hybridized carbons (Fsp3) is 0.286. The molecule has 1 aliphatic rings. The van der Waals surface area contributed by atoms with Crippen LogP contribution in [0.4, 0.5) is 0 Å². The third-order valence-corrected chi connectivity index (χ3v) is 3.18. The number of hydrogen-bond acceptors (Lipinski definition) is 2. The molecule has 4 heteroatoms. The van der Waals surface area contributed by atoms with Crippen molar-refractivity contribution in [1.29, 1.82) is 0 Å². The molecule has 4 nitrogen and oxygen atoms in total. The predicted molar refractivity (Wildman–Crippen MR) is 66.8 cm³/mol. The summed E-state index contributed by atoms with van der Waals surface area (Å²) >= 11 is 0. The molecular formula is C14H15NO3. The van der Waals surface area contributed by atoms with Crippen LogP contribution in [0, 0.1) is 5.92 Å². The summed E-state index contributed by atoms with van der Waals surface area (Å²) in [7, 11) is 0. The molecule has 2 atom stereocenters. The number of amides is 1. The van der Waals surface area contributed by atoms with E-state index in [1.54, 1.807) is 30.3 Å². The third-order valence-electron chi connectivity index (χ3n) is 3.18. The molecule has 1 heterocycles. The predicted octanol–water partition coefficient (Wildman–Crippen LogP) is 1.85. The maximum absolute atomic E-state index is 11.9. The second-order valence-electron chi connectivity index (χ2n) is 4.40. The molecule has 18 heavy (non-hydrogen) atoms. The zero-order valence-corrected chi connectivity index (χ0v) is 9.95. The first-order chi connectivity index (χ1) is 8.63. The van der Waals surface area contributed by atoms with Gasteiger partial charge in [-0.3, -0.25) is 4.79 Å². The van der Waals surface area contributed by atoms with Crippen molar-refractivity contribution in [2.45, 2.75) is 12.5 Å². The Kier molecular flexibility index (Phi) is 3.46. The van der Waals surface area contributed by atoms with Crippen LogP contribution < -0.4 is 0 Å². The number of benzene rings is 1. The summed E-state index contributed by atoms with van der Waals surface area (Å²) < 4.78 is 0. The van der Waals surface area contributed by atoms with Crippen LogP contribution in [0.2, 0.25) is 0 Å². The van der Waals surface area contributed by atoms with Gasteiger partial charge in [0.1, 0.15) is 0 Å². The Morgan fingerprint density at radius 1 is 1.44 bits per heavy atom. The van der Waals surface area contributed by atoms with Gasteiger partial charge >= 0.3 is 5.97 Å². The number of carbonyl (C=O) groups excluding carboxylic acids is 1. The molecule has 1 amide bonds. The highest BCUT2D eigenvalue weighted by atomic mass is 16.4. The lowest BCUT2D eigenvalue weighted by atomic mass is 10.1. The quantitative estimate of drug-likeness (QED) is 0.823. The van der Waals surface area contributed by atoms with E-state index in [0.29, 0.717) is 18.5 Å². The maximum atomic E-state index is 11.9. The van der Waals surface area contributed by atoms with Gasteiger partial charge in [-0.25, -0.2) is 4.79 Å². The Morgan fingerprint density at radius 3 is 2.61 bits per heavy atom. The molecule has 0 spiro atoms. The summed E-state index contributed by atoms with van der Waals surface area (Å²) in [6.45, 7) is 4.09. The van der Waals surface area contributed by atoms with Crippen LogP contribution in [0.5, 0.6) is 0 Å². The van der Waals surface area contributed by atoms with Gasteiger partial charge in [0, 0.05) is 18.9 Å². The highest BCUT2D eigenvalue weighted by Gasteiger charge is 2.37. The number of hydrogen-bond donors (Lipinski definition) is 1. The second kappa shape index (κ2) is 5.04. The van der Waals surface area contributed by atoms with Gasteiger partial charge in [0.15, 0.2) is 6.04 Å². The highest BCUT2D eigenvalue weighted by molar-refractivity contribution is 5.86. The monoisotopic (exact) mass is 245 g/mol. The van der Waals surface area contributed by atoms with Crippen LogP contribution in [-0.2, 0) is 9.59 Å². The van der Waals surface area contributed by atoms with E-state index >= 15 is 0 Å². The van der Waals surface area contributed by atoms with Crippen LogP contribution in [-0.4, -0.2) is 28.4 Å². The van der Waals surface area contributed by atoms with E-state index in [4.69, 9.17) is 0 Å². The summed E-state index contributed by atoms with van der Waals surface area (Å²) in [5.74, 6) is -1.08. The minimum atomic E-state index is -1.00. The van der Waals surface area contributed by atoms with E-state index in [1.165, 1.54) is 4.90 Å². The Balaban J connectivity index is 2.30.